The number of carbonyl (C=O) groups excluding carboxylic acids is 3. The van der Waals surface area contributed by atoms with Crippen molar-refractivity contribution in [2.24, 2.45) is 17.8 Å². The van der Waals surface area contributed by atoms with Crippen molar-refractivity contribution in [1.82, 2.24) is 0 Å². The van der Waals surface area contributed by atoms with Crippen molar-refractivity contribution in [3.05, 3.63) is 0 Å². The zero-order valence-electron chi connectivity index (χ0n) is 20.8. The van der Waals surface area contributed by atoms with E-state index in [-0.39, 0.29) is 35.1 Å². The van der Waals surface area contributed by atoms with E-state index in [0.29, 0.717) is 19.3 Å². The number of ketones is 3. The van der Waals surface area contributed by atoms with Gasteiger partial charge < -0.3 is 15.3 Å². The van der Waals surface area contributed by atoms with Gasteiger partial charge in [-0.2, -0.15) is 0 Å². The summed E-state index contributed by atoms with van der Waals surface area (Å²) in [6.45, 7) is 16.6. The third-order valence-corrected chi connectivity index (χ3v) is 4.47. The highest BCUT2D eigenvalue weighted by molar-refractivity contribution is 5.85. The van der Waals surface area contributed by atoms with Gasteiger partial charge in [0.2, 0.25) is 0 Å². The van der Waals surface area contributed by atoms with Crippen molar-refractivity contribution < 1.29 is 29.7 Å². The van der Waals surface area contributed by atoms with Crippen LogP contribution in [0.1, 0.15) is 101 Å². The molecule has 0 amide bonds. The minimum atomic E-state index is -0.745. The molecule has 3 atom stereocenters. The SMILES string of the molecule is CCC(O)C(=O)C(C)C.CCCC(O)C(=O)C(C)C.CCCCC(O)C(=O)C(C)C. The Kier molecular flexibility index (Phi) is 22.2. The molecule has 3 unspecified atom stereocenters. The Morgan fingerprint density at radius 1 is 0.567 bits per heavy atom. The van der Waals surface area contributed by atoms with Crippen LogP contribution >= 0.6 is 0 Å². The molecule has 0 rings (SSSR count). The van der Waals surface area contributed by atoms with Crippen molar-refractivity contribution >= 4 is 17.3 Å². The van der Waals surface area contributed by atoms with E-state index < -0.39 is 18.3 Å². The largest absolute Gasteiger partial charge is 0.385 e. The quantitative estimate of drug-likeness (QED) is 0.428. The average Bonchev–Trinajstić information content (AvgIpc) is 2.70. The summed E-state index contributed by atoms with van der Waals surface area (Å²) in [5.41, 5.74) is 0. The molecule has 6 nitrogen and oxygen atoms in total. The Hall–Kier alpha value is -1.11. The van der Waals surface area contributed by atoms with E-state index in [0.717, 1.165) is 19.3 Å². The van der Waals surface area contributed by atoms with Crippen LogP contribution < -0.4 is 0 Å². The molecule has 3 N–H and O–H groups in total. The molecule has 0 bridgehead atoms. The van der Waals surface area contributed by atoms with Gasteiger partial charge in [-0.05, 0) is 19.3 Å². The molecule has 0 aliphatic rings. The number of carbonyl (C=O) groups is 3. The maximum Gasteiger partial charge on any atom is 0.163 e. The zero-order valence-corrected chi connectivity index (χ0v) is 20.8. The Morgan fingerprint density at radius 3 is 1.13 bits per heavy atom. The number of unbranched alkanes of at least 4 members (excludes halogenated alkanes) is 1. The van der Waals surface area contributed by atoms with Crippen LogP contribution in [0.25, 0.3) is 0 Å². The van der Waals surface area contributed by atoms with Crippen molar-refractivity contribution in [2.75, 3.05) is 0 Å². The lowest BCUT2D eigenvalue weighted by Gasteiger charge is -2.10. The van der Waals surface area contributed by atoms with E-state index in [1.54, 1.807) is 34.6 Å². The molecule has 0 fully saturated rings. The van der Waals surface area contributed by atoms with E-state index >= 15 is 0 Å². The van der Waals surface area contributed by atoms with E-state index in [1.807, 2.05) is 27.7 Å². The molecular weight excluding hydrogens is 384 g/mol. The summed E-state index contributed by atoms with van der Waals surface area (Å²) in [6.07, 6.45) is 2.36. The molecule has 30 heavy (non-hydrogen) atoms. The highest BCUT2D eigenvalue weighted by Gasteiger charge is 2.17. The van der Waals surface area contributed by atoms with Crippen molar-refractivity contribution in [2.45, 2.75) is 119 Å². The number of hydrogen-bond acceptors (Lipinski definition) is 6. The summed E-state index contributed by atoms with van der Waals surface area (Å²) in [7, 11) is 0. The van der Waals surface area contributed by atoms with Crippen LogP contribution in [-0.2, 0) is 14.4 Å². The molecule has 180 valence electrons. The summed E-state index contributed by atoms with van der Waals surface area (Å²) in [5.74, 6) is -0.249. The second-order valence-electron chi connectivity index (χ2n) is 8.56. The van der Waals surface area contributed by atoms with Crippen LogP contribution in [0.4, 0.5) is 0 Å². The number of aliphatic hydroxyl groups excluding tert-OH is 3. The first-order valence-corrected chi connectivity index (χ1v) is 11.4. The first kappa shape index (κ1) is 33.5. The van der Waals surface area contributed by atoms with Crippen LogP contribution in [0.15, 0.2) is 0 Å². The van der Waals surface area contributed by atoms with Crippen LogP contribution in [0.5, 0.6) is 0 Å². The summed E-state index contributed by atoms with van der Waals surface area (Å²) in [6, 6.07) is 0. The minimum absolute atomic E-state index is 0.0292. The predicted molar refractivity (Wildman–Crippen MR) is 122 cm³/mol. The second-order valence-corrected chi connectivity index (χ2v) is 8.56. The standard InChI is InChI=1S/C9H18O2.C8H16O2.C7H14O2/c1-4-5-6-8(10)9(11)7(2)3;1-4-5-7(9)8(10)6(2)3;1-4-6(8)7(9)5(2)3/h7-8,10H,4-6H2,1-3H3;6-7,9H,4-5H2,1-3H3;5-6,8H,4H2,1-3H3. The molecule has 0 aliphatic heterocycles. The number of Topliss-reactive ketones (excluding diaryl/α,β-unsaturated/α-hetero) is 3. The second kappa shape index (κ2) is 19.8. The lowest BCUT2D eigenvalue weighted by atomic mass is 10.0. The molecule has 0 aromatic rings. The van der Waals surface area contributed by atoms with Crippen LogP contribution in [0, 0.1) is 17.8 Å². The van der Waals surface area contributed by atoms with Gasteiger partial charge in [-0.3, -0.25) is 14.4 Å². The summed E-state index contributed by atoms with van der Waals surface area (Å²) in [5, 5.41) is 27.4. The smallest absolute Gasteiger partial charge is 0.163 e. The number of hydrogen-bond donors (Lipinski definition) is 3. The normalized spacial score (nSPS) is 13.7. The highest BCUT2D eigenvalue weighted by atomic mass is 16.3. The summed E-state index contributed by atoms with van der Waals surface area (Å²) < 4.78 is 0. The van der Waals surface area contributed by atoms with Crippen molar-refractivity contribution in [3.8, 4) is 0 Å². The van der Waals surface area contributed by atoms with E-state index in [9.17, 15) is 19.5 Å². The fraction of sp³-hybridized carbons (Fsp3) is 0.875. The number of rotatable bonds is 12. The third-order valence-electron chi connectivity index (χ3n) is 4.47. The van der Waals surface area contributed by atoms with E-state index in [1.165, 1.54) is 0 Å². The molecule has 0 saturated carbocycles. The molecule has 0 heterocycles. The average molecular weight is 433 g/mol. The Labute approximate surface area is 184 Å². The Balaban J connectivity index is -0.000000366. The molecule has 0 aromatic carbocycles. The van der Waals surface area contributed by atoms with Gasteiger partial charge in [-0.15, -0.1) is 0 Å². The van der Waals surface area contributed by atoms with Crippen molar-refractivity contribution in [1.29, 1.82) is 0 Å². The monoisotopic (exact) mass is 432 g/mol. The topological polar surface area (TPSA) is 112 Å². The molecule has 0 radical (unpaired) electrons. The fourth-order valence-corrected chi connectivity index (χ4v) is 2.31. The summed E-state index contributed by atoms with van der Waals surface area (Å²) in [4.78, 5) is 32.9. The van der Waals surface area contributed by atoms with Gasteiger partial charge >= 0.3 is 0 Å². The number of aliphatic hydroxyl groups is 3. The van der Waals surface area contributed by atoms with Gasteiger partial charge in [-0.25, -0.2) is 0 Å². The van der Waals surface area contributed by atoms with Gasteiger partial charge in [0, 0.05) is 17.8 Å². The van der Waals surface area contributed by atoms with Crippen molar-refractivity contribution in [3.63, 3.8) is 0 Å². The lowest BCUT2D eigenvalue weighted by Crippen LogP contribution is -2.24. The predicted octanol–water partition coefficient (Wildman–Crippen LogP) is 4.12. The van der Waals surface area contributed by atoms with Gasteiger partial charge in [0.1, 0.15) is 18.3 Å². The highest BCUT2D eigenvalue weighted by Crippen LogP contribution is 2.07. The maximum atomic E-state index is 11.1. The van der Waals surface area contributed by atoms with Gasteiger partial charge in [0.15, 0.2) is 17.3 Å². The van der Waals surface area contributed by atoms with Crippen LogP contribution in [-0.4, -0.2) is 51.0 Å². The minimum Gasteiger partial charge on any atom is -0.385 e. The van der Waals surface area contributed by atoms with Gasteiger partial charge in [-0.1, -0.05) is 81.6 Å². The first-order chi connectivity index (χ1) is 13.8. The first-order valence-electron chi connectivity index (χ1n) is 11.4. The maximum absolute atomic E-state index is 11.1. The third kappa shape index (κ3) is 17.7. The van der Waals surface area contributed by atoms with Gasteiger partial charge in [0.25, 0.3) is 0 Å². The molecule has 0 aromatic heterocycles. The Bertz CT molecular complexity index is 457. The fourth-order valence-electron chi connectivity index (χ4n) is 2.31. The molecular formula is C24H48O6. The Morgan fingerprint density at radius 2 is 0.900 bits per heavy atom. The van der Waals surface area contributed by atoms with Crippen LogP contribution in [0.3, 0.4) is 0 Å². The van der Waals surface area contributed by atoms with E-state index in [4.69, 9.17) is 10.2 Å². The van der Waals surface area contributed by atoms with Gasteiger partial charge in [0.05, 0.1) is 0 Å². The van der Waals surface area contributed by atoms with Crippen LogP contribution in [0.2, 0.25) is 0 Å². The zero-order chi connectivity index (χ0) is 24.4. The van der Waals surface area contributed by atoms with E-state index in [2.05, 4.69) is 0 Å². The molecule has 0 spiro atoms. The lowest BCUT2D eigenvalue weighted by molar-refractivity contribution is -0.131. The molecule has 0 saturated heterocycles. The molecule has 0 aliphatic carbocycles. The molecule has 6 heteroatoms. The summed E-state index contributed by atoms with van der Waals surface area (Å²) >= 11 is 0.